The number of esters is 1. The van der Waals surface area contributed by atoms with Gasteiger partial charge in [-0.1, -0.05) is 39.3 Å². The van der Waals surface area contributed by atoms with Crippen molar-refractivity contribution in [1.82, 2.24) is 0 Å². The molecular weight excluding hydrogens is 300 g/mol. The molecule has 0 fully saturated rings. The van der Waals surface area contributed by atoms with E-state index < -0.39 is 0 Å². The van der Waals surface area contributed by atoms with Crippen molar-refractivity contribution in [2.45, 2.75) is 46.0 Å². The summed E-state index contributed by atoms with van der Waals surface area (Å²) in [7, 11) is 0. The van der Waals surface area contributed by atoms with Crippen molar-refractivity contribution >= 4 is 5.97 Å². The number of hydrogen-bond acceptors (Lipinski definition) is 3. The lowest BCUT2D eigenvalue weighted by Crippen LogP contribution is -2.08. The molecule has 0 spiro atoms. The van der Waals surface area contributed by atoms with E-state index in [1.54, 1.807) is 24.3 Å². The average Bonchev–Trinajstić information content (AvgIpc) is 2.62. The van der Waals surface area contributed by atoms with E-state index in [1.807, 2.05) is 24.3 Å². The molecule has 24 heavy (non-hydrogen) atoms. The number of benzene rings is 2. The topological polar surface area (TPSA) is 35.5 Å². The lowest BCUT2D eigenvalue weighted by atomic mass is 9.99. The minimum absolute atomic E-state index is 0.355. The Labute approximate surface area is 144 Å². The highest BCUT2D eigenvalue weighted by atomic mass is 16.5. The van der Waals surface area contributed by atoms with Crippen LogP contribution in [0.3, 0.4) is 0 Å². The number of ether oxygens (including phenoxy) is 2. The lowest BCUT2D eigenvalue weighted by molar-refractivity contribution is 0.0734. The molecule has 1 unspecified atom stereocenters. The van der Waals surface area contributed by atoms with E-state index in [0.29, 0.717) is 23.8 Å². The molecule has 0 heterocycles. The van der Waals surface area contributed by atoms with Gasteiger partial charge in [-0.05, 0) is 60.7 Å². The van der Waals surface area contributed by atoms with Gasteiger partial charge in [0.1, 0.15) is 11.5 Å². The Balaban J connectivity index is 1.94. The quantitative estimate of drug-likeness (QED) is 0.360. The van der Waals surface area contributed by atoms with Gasteiger partial charge in [0.25, 0.3) is 0 Å². The third kappa shape index (κ3) is 5.12. The Morgan fingerprint density at radius 2 is 1.58 bits per heavy atom. The predicted octanol–water partition coefficient (Wildman–Crippen LogP) is 5.60. The Morgan fingerprint density at radius 3 is 2.17 bits per heavy atom. The van der Waals surface area contributed by atoms with Crippen LogP contribution in [0.1, 0.15) is 61.9 Å². The molecule has 2 aromatic rings. The Bertz CT molecular complexity index is 629. The van der Waals surface area contributed by atoms with Crippen LogP contribution in [0, 0.1) is 0 Å². The number of carbonyl (C=O) groups is 1. The van der Waals surface area contributed by atoms with Crippen LogP contribution in [-0.2, 0) is 0 Å². The molecule has 3 heteroatoms. The van der Waals surface area contributed by atoms with Crippen LogP contribution in [0.2, 0.25) is 0 Å². The normalized spacial score (nSPS) is 11.8. The minimum atomic E-state index is -0.355. The Morgan fingerprint density at radius 1 is 0.958 bits per heavy atom. The van der Waals surface area contributed by atoms with Crippen LogP contribution in [0.15, 0.2) is 48.5 Å². The van der Waals surface area contributed by atoms with Crippen LogP contribution in [0.5, 0.6) is 11.5 Å². The summed E-state index contributed by atoms with van der Waals surface area (Å²) in [5, 5.41) is 0. The molecule has 0 aromatic heterocycles. The van der Waals surface area contributed by atoms with Crippen molar-refractivity contribution < 1.29 is 14.3 Å². The molecule has 0 amide bonds. The molecule has 0 saturated carbocycles. The van der Waals surface area contributed by atoms with Gasteiger partial charge in [0.15, 0.2) is 0 Å². The van der Waals surface area contributed by atoms with Gasteiger partial charge in [0.2, 0.25) is 0 Å². The zero-order valence-electron chi connectivity index (χ0n) is 14.7. The Kier molecular flexibility index (Phi) is 6.86. The fraction of sp³-hybridized carbons (Fsp3) is 0.381. The summed E-state index contributed by atoms with van der Waals surface area (Å²) < 4.78 is 11.0. The van der Waals surface area contributed by atoms with E-state index in [9.17, 15) is 4.79 Å². The molecule has 128 valence electrons. The van der Waals surface area contributed by atoms with E-state index in [2.05, 4.69) is 20.8 Å². The van der Waals surface area contributed by atoms with Gasteiger partial charge < -0.3 is 9.47 Å². The first-order valence-electron chi connectivity index (χ1n) is 8.69. The lowest BCUT2D eigenvalue weighted by Gasteiger charge is -2.10. The second-order valence-electron chi connectivity index (χ2n) is 5.99. The summed E-state index contributed by atoms with van der Waals surface area (Å²) in [6.07, 6.45) is 3.21. The van der Waals surface area contributed by atoms with Gasteiger partial charge in [0, 0.05) is 0 Å². The van der Waals surface area contributed by atoms with E-state index in [4.69, 9.17) is 9.47 Å². The largest absolute Gasteiger partial charge is 0.494 e. The molecule has 0 aliphatic heterocycles. The van der Waals surface area contributed by atoms with E-state index in [0.717, 1.165) is 25.0 Å². The van der Waals surface area contributed by atoms with Crippen LogP contribution in [0.4, 0.5) is 0 Å². The third-order valence-corrected chi connectivity index (χ3v) is 4.13. The number of carbonyl (C=O) groups excluding carboxylic acids is 1. The maximum Gasteiger partial charge on any atom is 0.343 e. The summed E-state index contributed by atoms with van der Waals surface area (Å²) >= 11 is 0. The van der Waals surface area contributed by atoms with Gasteiger partial charge in [0.05, 0.1) is 12.2 Å². The second-order valence-corrected chi connectivity index (χ2v) is 5.99. The summed E-state index contributed by atoms with van der Waals surface area (Å²) in [5.74, 6) is 1.50. The van der Waals surface area contributed by atoms with Crippen molar-refractivity contribution in [3.63, 3.8) is 0 Å². The van der Waals surface area contributed by atoms with Gasteiger partial charge in [-0.25, -0.2) is 4.79 Å². The van der Waals surface area contributed by atoms with Crippen LogP contribution in [-0.4, -0.2) is 12.6 Å². The molecule has 0 aliphatic rings. The van der Waals surface area contributed by atoms with Gasteiger partial charge >= 0.3 is 5.97 Å². The number of unbranched alkanes of at least 4 members (excludes halogenated alkanes) is 1. The average molecular weight is 326 g/mol. The Hall–Kier alpha value is -2.29. The molecular formula is C21H26O3. The highest BCUT2D eigenvalue weighted by molar-refractivity contribution is 5.91. The zero-order chi connectivity index (χ0) is 17.4. The fourth-order valence-corrected chi connectivity index (χ4v) is 2.29. The maximum absolute atomic E-state index is 12.2. The monoisotopic (exact) mass is 326 g/mol. The number of hydrogen-bond donors (Lipinski definition) is 0. The summed E-state index contributed by atoms with van der Waals surface area (Å²) in [4.78, 5) is 12.2. The van der Waals surface area contributed by atoms with E-state index >= 15 is 0 Å². The van der Waals surface area contributed by atoms with Gasteiger partial charge in [-0.3, -0.25) is 0 Å². The second kappa shape index (κ2) is 9.11. The molecule has 0 saturated heterocycles. The van der Waals surface area contributed by atoms with Gasteiger partial charge in [-0.15, -0.1) is 0 Å². The third-order valence-electron chi connectivity index (χ3n) is 4.13. The number of rotatable bonds is 8. The SMILES string of the molecule is CCCCOc1ccc(C(=O)Oc2ccc(C(C)CC)cc2)cc1. The standard InChI is InChI=1S/C21H26O3/c1-4-6-15-23-19-11-9-18(10-12-19)21(22)24-20-13-7-17(8-14-20)16(3)5-2/h7-14,16H,4-6,15H2,1-3H3. The molecule has 0 bridgehead atoms. The molecule has 0 radical (unpaired) electrons. The van der Waals surface area contributed by atoms with E-state index in [1.165, 1.54) is 5.56 Å². The first kappa shape index (κ1) is 18.1. The smallest absolute Gasteiger partial charge is 0.343 e. The first-order chi connectivity index (χ1) is 11.6. The molecule has 0 N–H and O–H groups in total. The highest BCUT2D eigenvalue weighted by Gasteiger charge is 2.09. The van der Waals surface area contributed by atoms with Crippen molar-refractivity contribution in [3.8, 4) is 11.5 Å². The van der Waals surface area contributed by atoms with Crippen molar-refractivity contribution in [2.24, 2.45) is 0 Å². The maximum atomic E-state index is 12.2. The summed E-state index contributed by atoms with van der Waals surface area (Å²) in [6, 6.07) is 14.8. The summed E-state index contributed by atoms with van der Waals surface area (Å²) in [5.41, 5.74) is 1.77. The highest BCUT2D eigenvalue weighted by Crippen LogP contribution is 2.22. The van der Waals surface area contributed by atoms with Crippen LogP contribution < -0.4 is 9.47 Å². The van der Waals surface area contributed by atoms with Crippen LogP contribution in [0.25, 0.3) is 0 Å². The molecule has 2 rings (SSSR count). The zero-order valence-corrected chi connectivity index (χ0v) is 14.7. The molecule has 1 atom stereocenters. The van der Waals surface area contributed by atoms with Crippen molar-refractivity contribution in [1.29, 1.82) is 0 Å². The molecule has 0 aliphatic carbocycles. The molecule has 3 nitrogen and oxygen atoms in total. The van der Waals surface area contributed by atoms with Crippen molar-refractivity contribution in [3.05, 3.63) is 59.7 Å². The first-order valence-corrected chi connectivity index (χ1v) is 8.69. The van der Waals surface area contributed by atoms with E-state index in [-0.39, 0.29) is 5.97 Å². The minimum Gasteiger partial charge on any atom is -0.494 e. The molecule has 2 aromatic carbocycles. The van der Waals surface area contributed by atoms with Crippen molar-refractivity contribution in [2.75, 3.05) is 6.61 Å². The van der Waals surface area contributed by atoms with Gasteiger partial charge in [-0.2, -0.15) is 0 Å². The predicted molar refractivity (Wildman–Crippen MR) is 97.0 cm³/mol. The fourth-order valence-electron chi connectivity index (χ4n) is 2.29. The summed E-state index contributed by atoms with van der Waals surface area (Å²) in [6.45, 7) is 7.17. The van der Waals surface area contributed by atoms with Crippen LogP contribution >= 0.6 is 0 Å².